The Morgan fingerprint density at radius 3 is 2.04 bits per heavy atom. The molecule has 0 radical (unpaired) electrons. The number of hydrogen-bond acceptors (Lipinski definition) is 4. The van der Waals surface area contributed by atoms with Crippen LogP contribution in [0.25, 0.3) is 22.2 Å². The lowest BCUT2D eigenvalue weighted by molar-refractivity contribution is -0.130. The van der Waals surface area contributed by atoms with Crippen LogP contribution in [0.2, 0.25) is 0 Å². The molecule has 3 aromatic carbocycles. The van der Waals surface area contributed by atoms with Crippen LogP contribution in [0.3, 0.4) is 0 Å². The van der Waals surface area contributed by atoms with Gasteiger partial charge in [-0.15, -0.1) is 0 Å². The highest BCUT2D eigenvalue weighted by Crippen LogP contribution is 2.16. The highest BCUT2D eigenvalue weighted by atomic mass is 16.3. The number of carbonyl (C=O) groups excluding carboxylic acids is 2. The predicted molar refractivity (Wildman–Crippen MR) is 97.5 cm³/mol. The maximum absolute atomic E-state index is 12.5. The van der Waals surface area contributed by atoms with E-state index in [2.05, 4.69) is 5.32 Å². The zero-order chi connectivity index (χ0) is 17.6. The van der Waals surface area contributed by atoms with Gasteiger partial charge in [-0.2, -0.15) is 0 Å². The molecule has 0 unspecified atom stereocenters. The summed E-state index contributed by atoms with van der Waals surface area (Å²) in [4.78, 5) is 24.7. The molecule has 25 heavy (non-hydrogen) atoms. The van der Waals surface area contributed by atoms with Crippen molar-refractivity contribution in [2.24, 2.45) is 0 Å². The van der Waals surface area contributed by atoms with Crippen LogP contribution in [0.5, 0.6) is 0 Å². The summed E-state index contributed by atoms with van der Waals surface area (Å²) < 4.78 is 0. The van der Waals surface area contributed by atoms with Crippen molar-refractivity contribution in [1.82, 2.24) is 0 Å². The van der Waals surface area contributed by atoms with Crippen molar-refractivity contribution in [2.45, 2.75) is 6.92 Å². The fourth-order valence-corrected chi connectivity index (χ4v) is 3.01. The van der Waals surface area contributed by atoms with Crippen molar-refractivity contribution in [2.75, 3.05) is 5.32 Å². The molecule has 0 saturated heterocycles. The van der Waals surface area contributed by atoms with E-state index in [1.807, 2.05) is 61.5 Å². The maximum Gasteiger partial charge on any atom is 0.269 e. The first-order valence-corrected chi connectivity index (χ1v) is 7.94. The van der Waals surface area contributed by atoms with Gasteiger partial charge < -0.3 is 10.4 Å². The molecule has 0 bridgehead atoms. The molecule has 0 spiro atoms. The minimum atomic E-state index is -0.891. The molecule has 0 fully saturated rings. The average molecular weight is 329 g/mol. The molecule has 4 nitrogen and oxygen atoms in total. The van der Waals surface area contributed by atoms with E-state index in [1.54, 1.807) is 6.07 Å². The van der Waals surface area contributed by atoms with Gasteiger partial charge in [0.2, 0.25) is 0 Å². The van der Waals surface area contributed by atoms with E-state index in [4.69, 9.17) is 0 Å². The van der Waals surface area contributed by atoms with Gasteiger partial charge in [0.1, 0.15) is 0 Å². The standard InChI is InChI=1S/C21H15NO3/c1-12-6-8-15(9-7-12)22-18-16-10-13-4-2-3-5-14(13)11-17(16)19(23)21(25)20(18)24/h2-11,22-23H,1H3. The first-order valence-electron chi connectivity index (χ1n) is 7.94. The molecular weight excluding hydrogens is 314 g/mol. The molecule has 0 atom stereocenters. The van der Waals surface area contributed by atoms with Crippen LogP contribution >= 0.6 is 0 Å². The smallest absolute Gasteiger partial charge is 0.269 e. The minimum absolute atomic E-state index is 0.187. The van der Waals surface area contributed by atoms with Crippen molar-refractivity contribution in [3.05, 3.63) is 76.7 Å². The molecule has 122 valence electrons. The summed E-state index contributed by atoms with van der Waals surface area (Å²) in [5.74, 6) is -2.13. The number of rotatable bonds is 2. The predicted octanol–water partition coefficient (Wildman–Crippen LogP) is 2.19. The normalized spacial score (nSPS) is 14.0. The third-order valence-corrected chi connectivity index (χ3v) is 4.38. The van der Waals surface area contributed by atoms with Gasteiger partial charge >= 0.3 is 0 Å². The van der Waals surface area contributed by atoms with Crippen molar-refractivity contribution in [3.8, 4) is 0 Å². The second kappa shape index (κ2) is 5.60. The van der Waals surface area contributed by atoms with E-state index in [1.165, 1.54) is 0 Å². The number of benzene rings is 3. The summed E-state index contributed by atoms with van der Waals surface area (Å²) in [7, 11) is 0. The second-order valence-corrected chi connectivity index (χ2v) is 6.12. The lowest BCUT2D eigenvalue weighted by atomic mass is 9.97. The van der Waals surface area contributed by atoms with Crippen LogP contribution in [0.1, 0.15) is 5.56 Å². The lowest BCUT2D eigenvalue weighted by Crippen LogP contribution is -2.43. The Balaban J connectivity index is 2.03. The summed E-state index contributed by atoms with van der Waals surface area (Å²) in [6, 6.07) is 18.7. The van der Waals surface area contributed by atoms with Gasteiger partial charge in [-0.3, -0.25) is 9.59 Å². The molecule has 2 N–H and O–H groups in total. The second-order valence-electron chi connectivity index (χ2n) is 6.12. The van der Waals surface area contributed by atoms with Crippen molar-refractivity contribution in [1.29, 1.82) is 0 Å². The number of hydrogen-bond donors (Lipinski definition) is 2. The first kappa shape index (κ1) is 15.1. The summed E-state index contributed by atoms with van der Waals surface area (Å²) in [5, 5.41) is 16.0. The van der Waals surface area contributed by atoms with E-state index < -0.39 is 17.3 Å². The number of aliphatic hydroxyl groups excluding tert-OH is 1. The van der Waals surface area contributed by atoms with Crippen molar-refractivity contribution < 1.29 is 14.7 Å². The van der Waals surface area contributed by atoms with Crippen LogP contribution in [0, 0.1) is 6.92 Å². The summed E-state index contributed by atoms with van der Waals surface area (Å²) in [6.07, 6.45) is 0. The third kappa shape index (κ3) is 2.48. The zero-order valence-electron chi connectivity index (χ0n) is 13.5. The largest absolute Gasteiger partial charge is 0.504 e. The van der Waals surface area contributed by atoms with Gasteiger partial charge in [-0.05, 0) is 42.0 Å². The average Bonchev–Trinajstić information content (AvgIpc) is 2.64. The quantitative estimate of drug-likeness (QED) is 0.707. The molecule has 4 heteroatoms. The monoisotopic (exact) mass is 329 g/mol. The molecule has 1 aliphatic carbocycles. The Bertz CT molecular complexity index is 1160. The van der Waals surface area contributed by atoms with Gasteiger partial charge in [0, 0.05) is 16.1 Å². The zero-order valence-corrected chi connectivity index (χ0v) is 13.5. The fraction of sp³-hybridized carbons (Fsp3) is 0.0476. The molecule has 4 rings (SSSR count). The van der Waals surface area contributed by atoms with Gasteiger partial charge in [0.05, 0.1) is 5.70 Å². The van der Waals surface area contributed by atoms with Crippen LogP contribution in [0.4, 0.5) is 5.69 Å². The Kier molecular flexibility index (Phi) is 3.39. The van der Waals surface area contributed by atoms with E-state index in [9.17, 15) is 14.7 Å². The highest BCUT2D eigenvalue weighted by molar-refractivity contribution is 6.62. The topological polar surface area (TPSA) is 66.4 Å². The molecule has 0 amide bonds. The van der Waals surface area contributed by atoms with Crippen LogP contribution in [-0.2, 0) is 9.59 Å². The Hall–Kier alpha value is -3.40. The summed E-state index contributed by atoms with van der Waals surface area (Å²) >= 11 is 0. The maximum atomic E-state index is 12.5. The molecule has 1 aliphatic rings. The molecule has 0 heterocycles. The number of aliphatic hydroxyl groups is 1. The van der Waals surface area contributed by atoms with E-state index in [0.29, 0.717) is 16.1 Å². The SMILES string of the molecule is Cc1ccc(NC2=c3cc4ccccc4cc3=C(O)C(=O)C2=O)cc1. The molecule has 0 aliphatic heterocycles. The molecule has 0 saturated carbocycles. The Morgan fingerprint density at radius 2 is 1.40 bits per heavy atom. The Morgan fingerprint density at radius 1 is 0.800 bits per heavy atom. The van der Waals surface area contributed by atoms with Crippen LogP contribution in [-0.4, -0.2) is 16.7 Å². The molecule has 3 aromatic rings. The summed E-state index contributed by atoms with van der Waals surface area (Å²) in [5.41, 5.74) is 1.99. The fourth-order valence-electron chi connectivity index (χ4n) is 3.01. The lowest BCUT2D eigenvalue weighted by Gasteiger charge is -2.15. The number of nitrogens with one attached hydrogen (secondary N) is 1. The number of anilines is 1. The van der Waals surface area contributed by atoms with E-state index in [0.717, 1.165) is 16.3 Å². The Labute approximate surface area is 143 Å². The minimum Gasteiger partial charge on any atom is -0.504 e. The number of aryl methyl sites for hydroxylation is 1. The third-order valence-electron chi connectivity index (χ3n) is 4.38. The number of Topliss-reactive ketones (excluding diaryl/α,β-unsaturated/α-hetero) is 2. The van der Waals surface area contributed by atoms with Crippen LogP contribution in [0.15, 0.2) is 60.7 Å². The van der Waals surface area contributed by atoms with Crippen LogP contribution < -0.4 is 15.8 Å². The highest BCUT2D eigenvalue weighted by Gasteiger charge is 2.28. The molecular formula is C21H15NO3. The van der Waals surface area contributed by atoms with Gasteiger partial charge in [0.15, 0.2) is 5.76 Å². The van der Waals surface area contributed by atoms with Crippen molar-refractivity contribution in [3.63, 3.8) is 0 Å². The number of ketones is 2. The van der Waals surface area contributed by atoms with Gasteiger partial charge in [0.25, 0.3) is 11.6 Å². The van der Waals surface area contributed by atoms with E-state index >= 15 is 0 Å². The van der Waals surface area contributed by atoms with Gasteiger partial charge in [-0.25, -0.2) is 0 Å². The molecule has 0 aromatic heterocycles. The van der Waals surface area contributed by atoms with Crippen molar-refractivity contribution >= 4 is 39.5 Å². The number of fused-ring (bicyclic) bond motifs is 2. The van der Waals surface area contributed by atoms with Gasteiger partial charge in [-0.1, -0.05) is 42.0 Å². The summed E-state index contributed by atoms with van der Waals surface area (Å²) in [6.45, 7) is 1.97. The van der Waals surface area contributed by atoms with E-state index in [-0.39, 0.29) is 5.70 Å². The number of carbonyl (C=O) groups is 2. The first-order chi connectivity index (χ1) is 12.0.